The van der Waals surface area contributed by atoms with Crippen molar-refractivity contribution < 1.29 is 14.3 Å². The van der Waals surface area contributed by atoms with E-state index in [1.807, 2.05) is 4.90 Å². The Kier molecular flexibility index (Phi) is 6.89. The first-order chi connectivity index (χ1) is 9.02. The predicted molar refractivity (Wildman–Crippen MR) is 74.6 cm³/mol. The molecule has 4 heteroatoms. The first-order valence-electron chi connectivity index (χ1n) is 7.37. The fourth-order valence-corrected chi connectivity index (χ4v) is 2.47. The second kappa shape index (κ2) is 8.18. The summed E-state index contributed by atoms with van der Waals surface area (Å²) in [5.74, 6) is 1.31. The lowest BCUT2D eigenvalue weighted by molar-refractivity contribution is -0.141. The van der Waals surface area contributed by atoms with Crippen molar-refractivity contribution in [2.24, 2.45) is 11.8 Å². The molecule has 0 atom stereocenters. The highest BCUT2D eigenvalue weighted by Gasteiger charge is 2.23. The van der Waals surface area contributed by atoms with Crippen LogP contribution in [-0.4, -0.2) is 37.0 Å². The zero-order valence-corrected chi connectivity index (χ0v) is 12.5. The summed E-state index contributed by atoms with van der Waals surface area (Å²) in [5.41, 5.74) is 0. The second-order valence-corrected chi connectivity index (χ2v) is 5.87. The molecule has 0 aromatic rings. The fraction of sp³-hybridized carbons (Fsp3) is 0.867. The Bertz CT molecular complexity index is 294. The number of ether oxygens (including phenoxy) is 1. The lowest BCUT2D eigenvalue weighted by Crippen LogP contribution is -2.38. The van der Waals surface area contributed by atoms with E-state index in [-0.39, 0.29) is 5.97 Å². The molecule has 1 aliphatic heterocycles. The number of hydrogen-bond acceptors (Lipinski definition) is 3. The molecule has 0 aliphatic carbocycles. The minimum atomic E-state index is -0.129. The van der Waals surface area contributed by atoms with Crippen molar-refractivity contribution in [3.05, 3.63) is 0 Å². The molecule has 0 spiro atoms. The second-order valence-electron chi connectivity index (χ2n) is 5.87. The SMILES string of the molecule is COC(=O)CCC1CCN(C(=O)CCC(C)C)CC1. The third-order valence-electron chi connectivity index (χ3n) is 3.89. The van der Waals surface area contributed by atoms with E-state index in [0.29, 0.717) is 30.6 Å². The minimum absolute atomic E-state index is 0.129. The fourth-order valence-electron chi connectivity index (χ4n) is 2.47. The van der Waals surface area contributed by atoms with E-state index in [9.17, 15) is 9.59 Å². The van der Waals surface area contributed by atoms with E-state index in [0.717, 1.165) is 38.8 Å². The molecule has 0 aromatic carbocycles. The molecule has 1 fully saturated rings. The average Bonchev–Trinajstić information content (AvgIpc) is 2.42. The monoisotopic (exact) mass is 269 g/mol. The predicted octanol–water partition coefficient (Wildman–Crippen LogP) is 2.61. The van der Waals surface area contributed by atoms with Crippen LogP contribution in [0.5, 0.6) is 0 Å². The van der Waals surface area contributed by atoms with Crippen molar-refractivity contribution in [1.82, 2.24) is 4.90 Å². The summed E-state index contributed by atoms with van der Waals surface area (Å²) in [6.45, 7) is 5.99. The number of rotatable bonds is 6. The van der Waals surface area contributed by atoms with Crippen LogP contribution in [-0.2, 0) is 14.3 Å². The zero-order valence-electron chi connectivity index (χ0n) is 12.5. The highest BCUT2D eigenvalue weighted by molar-refractivity contribution is 5.76. The van der Waals surface area contributed by atoms with Gasteiger partial charge >= 0.3 is 5.97 Å². The van der Waals surface area contributed by atoms with Gasteiger partial charge in [0, 0.05) is 25.9 Å². The summed E-state index contributed by atoms with van der Waals surface area (Å²) >= 11 is 0. The number of piperidine rings is 1. The van der Waals surface area contributed by atoms with Crippen LogP contribution in [0.1, 0.15) is 52.4 Å². The topological polar surface area (TPSA) is 46.6 Å². The molecule has 0 bridgehead atoms. The molecule has 1 saturated heterocycles. The van der Waals surface area contributed by atoms with Gasteiger partial charge in [-0.05, 0) is 37.5 Å². The van der Waals surface area contributed by atoms with E-state index in [1.54, 1.807) is 0 Å². The summed E-state index contributed by atoms with van der Waals surface area (Å²) in [6.07, 6.45) is 5.07. The van der Waals surface area contributed by atoms with Gasteiger partial charge in [0.25, 0.3) is 0 Å². The largest absolute Gasteiger partial charge is 0.469 e. The van der Waals surface area contributed by atoms with Crippen molar-refractivity contribution in [3.63, 3.8) is 0 Å². The van der Waals surface area contributed by atoms with E-state index in [4.69, 9.17) is 0 Å². The smallest absolute Gasteiger partial charge is 0.305 e. The van der Waals surface area contributed by atoms with Gasteiger partial charge in [0.2, 0.25) is 5.91 Å². The van der Waals surface area contributed by atoms with Crippen LogP contribution in [0.3, 0.4) is 0 Å². The van der Waals surface area contributed by atoms with E-state index in [1.165, 1.54) is 7.11 Å². The quantitative estimate of drug-likeness (QED) is 0.696. The number of methoxy groups -OCH3 is 1. The number of carbonyl (C=O) groups is 2. The molecule has 1 amide bonds. The normalized spacial score (nSPS) is 16.7. The molecule has 19 heavy (non-hydrogen) atoms. The first-order valence-corrected chi connectivity index (χ1v) is 7.37. The number of likely N-dealkylation sites (tertiary alicyclic amines) is 1. The molecule has 4 nitrogen and oxygen atoms in total. The van der Waals surface area contributed by atoms with Gasteiger partial charge in [-0.25, -0.2) is 0 Å². The van der Waals surface area contributed by atoms with Crippen LogP contribution in [0.25, 0.3) is 0 Å². The zero-order chi connectivity index (χ0) is 14.3. The molecular formula is C15H27NO3. The van der Waals surface area contributed by atoms with E-state index < -0.39 is 0 Å². The van der Waals surface area contributed by atoms with E-state index >= 15 is 0 Å². The molecule has 1 rings (SSSR count). The van der Waals surface area contributed by atoms with Gasteiger partial charge in [-0.3, -0.25) is 9.59 Å². The van der Waals surface area contributed by atoms with Gasteiger partial charge in [0.05, 0.1) is 7.11 Å². The van der Waals surface area contributed by atoms with Gasteiger partial charge in [0.1, 0.15) is 0 Å². The summed E-state index contributed by atoms with van der Waals surface area (Å²) in [6, 6.07) is 0. The molecular weight excluding hydrogens is 242 g/mol. The lowest BCUT2D eigenvalue weighted by atomic mass is 9.92. The molecule has 110 valence electrons. The summed E-state index contributed by atoms with van der Waals surface area (Å²) < 4.78 is 4.65. The van der Waals surface area contributed by atoms with Crippen molar-refractivity contribution in [1.29, 1.82) is 0 Å². The molecule has 0 N–H and O–H groups in total. The van der Waals surface area contributed by atoms with Gasteiger partial charge < -0.3 is 9.64 Å². The van der Waals surface area contributed by atoms with Gasteiger partial charge in [0.15, 0.2) is 0 Å². The van der Waals surface area contributed by atoms with Crippen LogP contribution in [0, 0.1) is 11.8 Å². The van der Waals surface area contributed by atoms with Crippen molar-refractivity contribution in [2.75, 3.05) is 20.2 Å². The molecule has 0 saturated carbocycles. The van der Waals surface area contributed by atoms with Crippen molar-refractivity contribution in [3.8, 4) is 0 Å². The Balaban J connectivity index is 2.21. The van der Waals surface area contributed by atoms with Crippen molar-refractivity contribution >= 4 is 11.9 Å². The van der Waals surface area contributed by atoms with E-state index in [2.05, 4.69) is 18.6 Å². The number of esters is 1. The van der Waals surface area contributed by atoms with Crippen LogP contribution in [0.15, 0.2) is 0 Å². The number of hydrogen-bond donors (Lipinski definition) is 0. The van der Waals surface area contributed by atoms with Crippen molar-refractivity contribution in [2.45, 2.75) is 52.4 Å². The molecule has 1 aliphatic rings. The average molecular weight is 269 g/mol. The molecule has 0 unspecified atom stereocenters. The minimum Gasteiger partial charge on any atom is -0.469 e. The standard InChI is InChI=1S/C15H27NO3/c1-12(2)4-6-14(17)16-10-8-13(9-11-16)5-7-15(18)19-3/h12-13H,4-11H2,1-3H3. The summed E-state index contributed by atoms with van der Waals surface area (Å²) in [5, 5.41) is 0. The third-order valence-corrected chi connectivity index (χ3v) is 3.89. The number of carbonyl (C=O) groups excluding carboxylic acids is 2. The molecule has 1 heterocycles. The maximum Gasteiger partial charge on any atom is 0.305 e. The van der Waals surface area contributed by atoms with Gasteiger partial charge in [-0.1, -0.05) is 13.8 Å². The highest BCUT2D eigenvalue weighted by Crippen LogP contribution is 2.23. The summed E-state index contributed by atoms with van der Waals surface area (Å²) in [4.78, 5) is 25.0. The summed E-state index contributed by atoms with van der Waals surface area (Å²) in [7, 11) is 1.43. The van der Waals surface area contributed by atoms with Crippen LogP contribution < -0.4 is 0 Å². The maximum absolute atomic E-state index is 12.0. The van der Waals surface area contributed by atoms with Gasteiger partial charge in [-0.15, -0.1) is 0 Å². The molecule has 0 radical (unpaired) electrons. The van der Waals surface area contributed by atoms with Crippen LogP contribution >= 0.6 is 0 Å². The third kappa shape index (κ3) is 6.08. The molecule has 0 aromatic heterocycles. The number of nitrogens with zero attached hydrogens (tertiary/aromatic N) is 1. The first kappa shape index (κ1) is 16.0. The Hall–Kier alpha value is -1.06. The van der Waals surface area contributed by atoms with Gasteiger partial charge in [-0.2, -0.15) is 0 Å². The Morgan fingerprint density at radius 1 is 1.21 bits per heavy atom. The highest BCUT2D eigenvalue weighted by atomic mass is 16.5. The Morgan fingerprint density at radius 3 is 2.37 bits per heavy atom. The Morgan fingerprint density at radius 2 is 1.84 bits per heavy atom. The van der Waals surface area contributed by atoms with Crippen LogP contribution in [0.2, 0.25) is 0 Å². The maximum atomic E-state index is 12.0. The Labute approximate surface area is 116 Å². The van der Waals surface area contributed by atoms with Crippen LogP contribution in [0.4, 0.5) is 0 Å². The lowest BCUT2D eigenvalue weighted by Gasteiger charge is -2.32. The number of amides is 1.